The maximum Gasteiger partial charge on any atom is 0.257 e. The summed E-state index contributed by atoms with van der Waals surface area (Å²) in [6.45, 7) is 0.742. The van der Waals surface area contributed by atoms with Crippen LogP contribution in [0.1, 0.15) is 33.9 Å². The number of amides is 1. The van der Waals surface area contributed by atoms with Gasteiger partial charge in [-0.25, -0.2) is 9.37 Å². The first-order chi connectivity index (χ1) is 15.2. The second kappa shape index (κ2) is 8.47. The summed E-state index contributed by atoms with van der Waals surface area (Å²) in [6.07, 6.45) is 1.89. The lowest BCUT2D eigenvalue weighted by molar-refractivity contribution is 0.0723. The molecule has 1 aliphatic carbocycles. The van der Waals surface area contributed by atoms with Gasteiger partial charge in [0.1, 0.15) is 23.2 Å². The Hall–Kier alpha value is -3.25. The zero-order valence-electron chi connectivity index (χ0n) is 16.8. The molecule has 0 aliphatic heterocycles. The number of nitrogens with zero attached hydrogens (tertiary/aromatic N) is 2. The number of thiazole rings is 1. The van der Waals surface area contributed by atoms with Crippen LogP contribution in [0.3, 0.4) is 0 Å². The molecule has 1 saturated carbocycles. The Morgan fingerprint density at radius 3 is 2.68 bits per heavy atom. The summed E-state index contributed by atoms with van der Waals surface area (Å²) in [5.74, 6) is 0.0620. The van der Waals surface area contributed by atoms with E-state index in [-0.39, 0.29) is 17.5 Å². The van der Waals surface area contributed by atoms with Crippen LogP contribution in [0.4, 0.5) is 4.39 Å². The van der Waals surface area contributed by atoms with Gasteiger partial charge < -0.3 is 9.64 Å². The predicted octanol–water partition coefficient (Wildman–Crippen LogP) is 5.82. The Labute approximate surface area is 183 Å². The number of benzene rings is 3. The Kier molecular flexibility index (Phi) is 5.38. The van der Waals surface area contributed by atoms with Crippen molar-refractivity contribution in [3.63, 3.8) is 0 Å². The third kappa shape index (κ3) is 4.30. The van der Waals surface area contributed by atoms with Gasteiger partial charge in [0.15, 0.2) is 0 Å². The molecule has 0 saturated heterocycles. The fourth-order valence-electron chi connectivity index (χ4n) is 3.67. The average Bonchev–Trinajstić information content (AvgIpc) is 3.54. The molecule has 4 nitrogen and oxygen atoms in total. The smallest absolute Gasteiger partial charge is 0.257 e. The summed E-state index contributed by atoms with van der Waals surface area (Å²) < 4.78 is 20.2. The quantitative estimate of drug-likeness (QED) is 0.370. The van der Waals surface area contributed by atoms with Gasteiger partial charge in [-0.2, -0.15) is 0 Å². The van der Waals surface area contributed by atoms with Gasteiger partial charge in [-0.05, 0) is 36.4 Å². The molecule has 1 aliphatic rings. The van der Waals surface area contributed by atoms with Crippen LogP contribution in [0.5, 0.6) is 5.75 Å². The van der Waals surface area contributed by atoms with E-state index < -0.39 is 5.82 Å². The van der Waals surface area contributed by atoms with Crippen molar-refractivity contribution >= 4 is 28.0 Å². The molecule has 1 aromatic heterocycles. The number of carbonyl (C=O) groups excluding carboxylic acids is 1. The molecular formula is C25H21FN2O2S. The van der Waals surface area contributed by atoms with Gasteiger partial charge in [-0.3, -0.25) is 4.79 Å². The van der Waals surface area contributed by atoms with Crippen LogP contribution in [0.2, 0.25) is 0 Å². The van der Waals surface area contributed by atoms with Crippen molar-refractivity contribution in [3.8, 4) is 5.75 Å². The number of carbonyl (C=O) groups is 1. The Morgan fingerprint density at radius 2 is 1.84 bits per heavy atom. The summed E-state index contributed by atoms with van der Waals surface area (Å²) >= 11 is 1.51. The van der Waals surface area contributed by atoms with Crippen LogP contribution in [-0.2, 0) is 13.2 Å². The van der Waals surface area contributed by atoms with Gasteiger partial charge >= 0.3 is 0 Å². The van der Waals surface area contributed by atoms with Crippen LogP contribution in [0, 0.1) is 5.82 Å². The maximum absolute atomic E-state index is 14.1. The molecule has 4 aromatic rings. The Morgan fingerprint density at radius 1 is 1.06 bits per heavy atom. The van der Waals surface area contributed by atoms with Gasteiger partial charge in [0.25, 0.3) is 5.91 Å². The first-order valence-electron chi connectivity index (χ1n) is 10.3. The van der Waals surface area contributed by atoms with E-state index in [1.54, 1.807) is 17.0 Å². The molecule has 3 aromatic carbocycles. The molecule has 0 radical (unpaired) electrons. The minimum absolute atomic E-state index is 0.115. The fraction of sp³-hybridized carbons (Fsp3) is 0.200. The van der Waals surface area contributed by atoms with Crippen molar-refractivity contribution in [2.24, 2.45) is 0 Å². The second-order valence-corrected chi connectivity index (χ2v) is 8.59. The first-order valence-corrected chi connectivity index (χ1v) is 11.2. The van der Waals surface area contributed by atoms with Crippen LogP contribution in [-0.4, -0.2) is 21.8 Å². The van der Waals surface area contributed by atoms with Crippen LogP contribution in [0.15, 0.2) is 72.1 Å². The van der Waals surface area contributed by atoms with Crippen molar-refractivity contribution < 1.29 is 13.9 Å². The molecule has 1 fully saturated rings. The molecule has 0 unspecified atom stereocenters. The standard InChI is InChI=1S/C25H21FN2O2S/c26-22-10-4-3-9-21(22)25(29)28(19-12-13-19)14-18-16-31-24(27-18)15-30-23-11-5-7-17-6-1-2-8-20(17)23/h1-11,16,19H,12-15H2. The lowest BCUT2D eigenvalue weighted by atomic mass is 10.1. The van der Waals surface area contributed by atoms with E-state index in [4.69, 9.17) is 4.74 Å². The summed E-state index contributed by atoms with van der Waals surface area (Å²) in [6, 6.07) is 20.4. The highest BCUT2D eigenvalue weighted by molar-refractivity contribution is 7.09. The Bertz CT molecular complexity index is 1230. The highest BCUT2D eigenvalue weighted by atomic mass is 32.1. The van der Waals surface area contributed by atoms with E-state index in [0.29, 0.717) is 13.2 Å². The molecule has 0 bridgehead atoms. The maximum atomic E-state index is 14.1. The van der Waals surface area contributed by atoms with Crippen LogP contribution < -0.4 is 4.74 Å². The average molecular weight is 433 g/mol. The molecule has 0 atom stereocenters. The highest BCUT2D eigenvalue weighted by Gasteiger charge is 2.34. The first kappa shape index (κ1) is 19.7. The van der Waals surface area contributed by atoms with E-state index in [1.807, 2.05) is 35.7 Å². The Balaban J connectivity index is 1.28. The van der Waals surface area contributed by atoms with Gasteiger partial charge in [0, 0.05) is 16.8 Å². The minimum atomic E-state index is -0.486. The zero-order valence-corrected chi connectivity index (χ0v) is 17.6. The number of halogens is 1. The number of rotatable bonds is 7. The molecular weight excluding hydrogens is 411 g/mol. The molecule has 1 amide bonds. The van der Waals surface area contributed by atoms with Gasteiger partial charge in [0.2, 0.25) is 0 Å². The second-order valence-electron chi connectivity index (χ2n) is 7.64. The number of fused-ring (bicyclic) bond motifs is 1. The third-order valence-corrected chi connectivity index (χ3v) is 6.26. The fourth-order valence-corrected chi connectivity index (χ4v) is 4.36. The van der Waals surface area contributed by atoms with E-state index in [0.717, 1.165) is 40.1 Å². The lowest BCUT2D eigenvalue weighted by Crippen LogP contribution is -2.33. The summed E-state index contributed by atoms with van der Waals surface area (Å²) in [5.41, 5.74) is 0.919. The van der Waals surface area contributed by atoms with Crippen LogP contribution in [0.25, 0.3) is 10.8 Å². The van der Waals surface area contributed by atoms with Crippen molar-refractivity contribution in [2.45, 2.75) is 32.0 Å². The molecule has 6 heteroatoms. The van der Waals surface area contributed by atoms with E-state index in [1.165, 1.54) is 23.5 Å². The normalized spacial score (nSPS) is 13.3. The largest absolute Gasteiger partial charge is 0.486 e. The van der Waals surface area contributed by atoms with Gasteiger partial charge in [-0.1, -0.05) is 48.5 Å². The molecule has 0 spiro atoms. The number of hydrogen-bond donors (Lipinski definition) is 0. The van der Waals surface area contributed by atoms with E-state index in [9.17, 15) is 9.18 Å². The minimum Gasteiger partial charge on any atom is -0.486 e. The van der Waals surface area contributed by atoms with Crippen molar-refractivity contribution in [1.29, 1.82) is 0 Å². The van der Waals surface area contributed by atoms with E-state index in [2.05, 4.69) is 17.1 Å². The molecule has 0 N–H and O–H groups in total. The summed E-state index contributed by atoms with van der Waals surface area (Å²) in [7, 11) is 0. The predicted molar refractivity (Wildman–Crippen MR) is 120 cm³/mol. The van der Waals surface area contributed by atoms with Crippen molar-refractivity contribution in [1.82, 2.24) is 9.88 Å². The number of hydrogen-bond acceptors (Lipinski definition) is 4. The van der Waals surface area contributed by atoms with E-state index >= 15 is 0 Å². The number of ether oxygens (including phenoxy) is 1. The van der Waals surface area contributed by atoms with Gasteiger partial charge in [-0.15, -0.1) is 11.3 Å². The lowest BCUT2D eigenvalue weighted by Gasteiger charge is -2.21. The van der Waals surface area contributed by atoms with Crippen molar-refractivity contribution in [2.75, 3.05) is 0 Å². The van der Waals surface area contributed by atoms with Crippen molar-refractivity contribution in [3.05, 3.63) is 94.2 Å². The topological polar surface area (TPSA) is 42.4 Å². The SMILES string of the molecule is O=C(c1ccccc1F)N(Cc1csc(COc2cccc3ccccc23)n1)C1CC1. The summed E-state index contributed by atoms with van der Waals surface area (Å²) in [4.78, 5) is 19.3. The number of aromatic nitrogens is 1. The zero-order chi connectivity index (χ0) is 21.2. The highest BCUT2D eigenvalue weighted by Crippen LogP contribution is 2.31. The van der Waals surface area contributed by atoms with Crippen LogP contribution >= 0.6 is 11.3 Å². The third-order valence-electron chi connectivity index (χ3n) is 5.39. The molecule has 31 heavy (non-hydrogen) atoms. The van der Waals surface area contributed by atoms with Gasteiger partial charge in [0.05, 0.1) is 17.8 Å². The monoisotopic (exact) mass is 432 g/mol. The molecule has 156 valence electrons. The molecule has 1 heterocycles. The summed E-state index contributed by atoms with van der Waals surface area (Å²) in [5, 5.41) is 4.99. The molecule has 5 rings (SSSR count).